The number of anilines is 2. The lowest BCUT2D eigenvalue weighted by Crippen LogP contribution is -2.28. The first-order valence-electron chi connectivity index (χ1n) is 9.25. The van der Waals surface area contributed by atoms with Gasteiger partial charge in [-0.25, -0.2) is 4.79 Å². The molecule has 2 aromatic carbocycles. The summed E-state index contributed by atoms with van der Waals surface area (Å²) in [6.45, 7) is 2.10. The number of para-hydroxylation sites is 2. The molecule has 1 N–H and O–H groups in total. The van der Waals surface area contributed by atoms with Crippen LogP contribution in [0.4, 0.5) is 11.4 Å². The van der Waals surface area contributed by atoms with Crippen molar-refractivity contribution < 1.29 is 18.7 Å². The molecule has 0 saturated carbocycles. The second-order valence-electron chi connectivity index (χ2n) is 7.03. The van der Waals surface area contributed by atoms with Crippen LogP contribution < -0.4 is 20.6 Å². The highest BCUT2D eigenvalue weighted by molar-refractivity contribution is 6.04. The molecular weight excluding hydrogens is 372 g/mol. The molecule has 29 heavy (non-hydrogen) atoms. The Morgan fingerprint density at radius 2 is 1.97 bits per heavy atom. The molecule has 3 aromatic rings. The molecule has 1 saturated heterocycles. The monoisotopic (exact) mass is 392 g/mol. The van der Waals surface area contributed by atoms with E-state index in [9.17, 15) is 14.4 Å². The lowest BCUT2D eigenvalue weighted by atomic mass is 10.1. The van der Waals surface area contributed by atoms with Crippen molar-refractivity contribution in [2.24, 2.45) is 5.92 Å². The maximum atomic E-state index is 12.7. The second kappa shape index (κ2) is 7.43. The van der Waals surface area contributed by atoms with Crippen LogP contribution >= 0.6 is 0 Å². The van der Waals surface area contributed by atoms with Gasteiger partial charge in [0.25, 0.3) is 0 Å². The van der Waals surface area contributed by atoms with Gasteiger partial charge in [-0.2, -0.15) is 0 Å². The molecule has 7 nitrogen and oxygen atoms in total. The summed E-state index contributed by atoms with van der Waals surface area (Å²) in [6, 6.07) is 13.8. The fraction of sp³-hybridized carbons (Fsp3) is 0.227. The maximum absolute atomic E-state index is 12.7. The summed E-state index contributed by atoms with van der Waals surface area (Å²) in [7, 11) is 1.55. The van der Waals surface area contributed by atoms with Crippen molar-refractivity contribution in [1.29, 1.82) is 0 Å². The molecule has 0 aliphatic carbocycles. The number of amides is 2. The zero-order chi connectivity index (χ0) is 20.5. The summed E-state index contributed by atoms with van der Waals surface area (Å²) < 4.78 is 10.6. The Labute approximate surface area is 166 Å². The summed E-state index contributed by atoms with van der Waals surface area (Å²) >= 11 is 0. The van der Waals surface area contributed by atoms with Gasteiger partial charge in [-0.05, 0) is 36.8 Å². The molecule has 7 heteroatoms. The largest absolute Gasteiger partial charge is 0.495 e. The number of benzene rings is 2. The van der Waals surface area contributed by atoms with Crippen LogP contribution in [0.25, 0.3) is 11.0 Å². The van der Waals surface area contributed by atoms with Crippen LogP contribution in [-0.4, -0.2) is 25.5 Å². The van der Waals surface area contributed by atoms with Crippen LogP contribution in [0, 0.1) is 12.8 Å². The Morgan fingerprint density at radius 1 is 1.17 bits per heavy atom. The number of methoxy groups -OCH3 is 1. The van der Waals surface area contributed by atoms with E-state index in [0.29, 0.717) is 22.7 Å². The first-order chi connectivity index (χ1) is 14.0. The van der Waals surface area contributed by atoms with Gasteiger partial charge in [0, 0.05) is 36.2 Å². The van der Waals surface area contributed by atoms with Gasteiger partial charge >= 0.3 is 5.63 Å². The predicted molar refractivity (Wildman–Crippen MR) is 109 cm³/mol. The fourth-order valence-corrected chi connectivity index (χ4v) is 3.62. The lowest BCUT2D eigenvalue weighted by Gasteiger charge is -2.19. The van der Waals surface area contributed by atoms with Crippen molar-refractivity contribution in [2.75, 3.05) is 23.9 Å². The Hall–Kier alpha value is -3.61. The van der Waals surface area contributed by atoms with Crippen LogP contribution in [0.5, 0.6) is 5.75 Å². The zero-order valence-electron chi connectivity index (χ0n) is 16.1. The smallest absolute Gasteiger partial charge is 0.336 e. The van der Waals surface area contributed by atoms with Gasteiger partial charge < -0.3 is 19.4 Å². The van der Waals surface area contributed by atoms with Gasteiger partial charge in [0.1, 0.15) is 11.3 Å². The number of nitrogens with zero attached hydrogens (tertiary/aromatic N) is 1. The maximum Gasteiger partial charge on any atom is 0.336 e. The number of hydrogen-bond acceptors (Lipinski definition) is 5. The van der Waals surface area contributed by atoms with E-state index in [-0.39, 0.29) is 24.8 Å². The summed E-state index contributed by atoms with van der Waals surface area (Å²) in [5.74, 6) is -0.297. The Balaban J connectivity index is 1.53. The minimum absolute atomic E-state index is 0.117. The summed E-state index contributed by atoms with van der Waals surface area (Å²) in [5, 5.41) is 3.63. The van der Waals surface area contributed by atoms with Crippen molar-refractivity contribution in [1.82, 2.24) is 0 Å². The van der Waals surface area contributed by atoms with Gasteiger partial charge in [-0.3, -0.25) is 9.59 Å². The van der Waals surface area contributed by atoms with Crippen LogP contribution in [0.2, 0.25) is 0 Å². The van der Waals surface area contributed by atoms with Crippen LogP contribution in [0.3, 0.4) is 0 Å². The fourth-order valence-electron chi connectivity index (χ4n) is 3.62. The molecule has 1 aromatic heterocycles. The van der Waals surface area contributed by atoms with Gasteiger partial charge in [-0.1, -0.05) is 12.1 Å². The number of carbonyl (C=O) groups excluding carboxylic acids is 2. The Kier molecular flexibility index (Phi) is 4.80. The molecule has 148 valence electrons. The molecule has 1 fully saturated rings. The van der Waals surface area contributed by atoms with E-state index in [4.69, 9.17) is 9.15 Å². The van der Waals surface area contributed by atoms with Crippen molar-refractivity contribution in [3.05, 3.63) is 64.5 Å². The number of carbonyl (C=O) groups is 2. The minimum atomic E-state index is -0.493. The SMILES string of the molecule is COc1ccccc1N1CC(C(=O)Nc2ccc3c(C)cc(=O)oc3c2)CC1=O. The third-order valence-corrected chi connectivity index (χ3v) is 5.09. The van der Waals surface area contributed by atoms with Crippen molar-refractivity contribution in [3.8, 4) is 5.75 Å². The first kappa shape index (κ1) is 18.7. The van der Waals surface area contributed by atoms with Crippen molar-refractivity contribution in [3.63, 3.8) is 0 Å². The standard InChI is InChI=1S/C22H20N2O5/c1-13-9-21(26)29-19-11-15(7-8-16(13)19)23-22(27)14-10-20(25)24(12-14)17-5-3-4-6-18(17)28-2/h3-9,11,14H,10,12H2,1-2H3,(H,23,27). The number of ether oxygens (including phenoxy) is 1. The van der Waals surface area contributed by atoms with E-state index in [1.165, 1.54) is 6.07 Å². The van der Waals surface area contributed by atoms with E-state index in [2.05, 4.69) is 5.32 Å². The molecule has 0 spiro atoms. The highest BCUT2D eigenvalue weighted by atomic mass is 16.5. The van der Waals surface area contributed by atoms with Gasteiger partial charge in [0.05, 0.1) is 18.7 Å². The van der Waals surface area contributed by atoms with E-state index in [0.717, 1.165) is 10.9 Å². The first-order valence-corrected chi connectivity index (χ1v) is 9.25. The Morgan fingerprint density at radius 3 is 2.76 bits per heavy atom. The third-order valence-electron chi connectivity index (χ3n) is 5.09. The second-order valence-corrected chi connectivity index (χ2v) is 7.03. The molecule has 2 heterocycles. The number of rotatable bonds is 4. The van der Waals surface area contributed by atoms with Crippen molar-refractivity contribution in [2.45, 2.75) is 13.3 Å². The van der Waals surface area contributed by atoms with E-state index < -0.39 is 11.5 Å². The number of nitrogens with one attached hydrogen (secondary N) is 1. The van der Waals surface area contributed by atoms with Crippen molar-refractivity contribution >= 4 is 34.2 Å². The van der Waals surface area contributed by atoms with Crippen LogP contribution in [0.1, 0.15) is 12.0 Å². The quantitative estimate of drug-likeness (QED) is 0.689. The summed E-state index contributed by atoms with van der Waals surface area (Å²) in [5.41, 5.74) is 1.94. The molecule has 4 rings (SSSR count). The zero-order valence-corrected chi connectivity index (χ0v) is 16.1. The molecule has 2 amide bonds. The lowest BCUT2D eigenvalue weighted by molar-refractivity contribution is -0.122. The number of hydrogen-bond donors (Lipinski definition) is 1. The number of aryl methyl sites for hydroxylation is 1. The molecule has 1 atom stereocenters. The molecular formula is C22H20N2O5. The third kappa shape index (κ3) is 3.59. The summed E-state index contributed by atoms with van der Waals surface area (Å²) in [6.07, 6.45) is 0.117. The van der Waals surface area contributed by atoms with E-state index >= 15 is 0 Å². The summed E-state index contributed by atoms with van der Waals surface area (Å²) in [4.78, 5) is 38.4. The normalized spacial score (nSPS) is 16.3. The molecule has 1 unspecified atom stereocenters. The van der Waals surface area contributed by atoms with Crippen LogP contribution in [-0.2, 0) is 9.59 Å². The average Bonchev–Trinajstić information content (AvgIpc) is 3.09. The van der Waals surface area contributed by atoms with Crippen LogP contribution in [0.15, 0.2) is 57.7 Å². The number of fused-ring (bicyclic) bond motifs is 1. The molecule has 0 radical (unpaired) electrons. The highest BCUT2D eigenvalue weighted by Gasteiger charge is 2.36. The van der Waals surface area contributed by atoms with Gasteiger partial charge in [-0.15, -0.1) is 0 Å². The average molecular weight is 392 g/mol. The Bertz CT molecular complexity index is 1170. The van der Waals surface area contributed by atoms with Gasteiger partial charge in [0.2, 0.25) is 11.8 Å². The topological polar surface area (TPSA) is 88.8 Å². The van der Waals surface area contributed by atoms with E-state index in [1.807, 2.05) is 19.1 Å². The molecule has 0 bridgehead atoms. The van der Waals surface area contributed by atoms with Gasteiger partial charge in [0.15, 0.2) is 0 Å². The minimum Gasteiger partial charge on any atom is -0.495 e. The molecule has 1 aliphatic heterocycles. The molecule has 1 aliphatic rings. The predicted octanol–water partition coefficient (Wildman–Crippen LogP) is 3.10. The highest BCUT2D eigenvalue weighted by Crippen LogP contribution is 2.33. The van der Waals surface area contributed by atoms with E-state index in [1.54, 1.807) is 42.3 Å².